The van der Waals surface area contributed by atoms with Crippen LogP contribution in [-0.4, -0.2) is 18.1 Å². The Morgan fingerprint density at radius 3 is 2.35 bits per heavy atom. The Balaban J connectivity index is 2.37. The number of hydrogen-bond donors (Lipinski definition) is 0. The Hall–Kier alpha value is -1.97. The molecule has 1 heterocycles. The van der Waals surface area contributed by atoms with E-state index in [1.54, 1.807) is 31.2 Å². The summed E-state index contributed by atoms with van der Waals surface area (Å²) in [6.07, 6.45) is 0.920. The Labute approximate surface area is 118 Å². The van der Waals surface area contributed by atoms with Crippen LogP contribution in [0.2, 0.25) is 0 Å². The lowest BCUT2D eigenvalue weighted by Gasteiger charge is -2.32. The zero-order valence-electron chi connectivity index (χ0n) is 12.0. The number of anilines is 1. The van der Waals surface area contributed by atoms with Gasteiger partial charge in [0.25, 0.3) is 0 Å². The number of hydrogen-bond acceptors (Lipinski definition) is 3. The highest BCUT2D eigenvalue weighted by atomic mass is 16.2. The molecule has 4 heteroatoms. The lowest BCUT2D eigenvalue weighted by Crippen LogP contribution is -2.40. The summed E-state index contributed by atoms with van der Waals surface area (Å²) in [7, 11) is 0. The molecular weight excluding hydrogens is 254 g/mol. The molecule has 2 rings (SSSR count). The molecule has 0 N–H and O–H groups in total. The first kappa shape index (κ1) is 14.4. The third kappa shape index (κ3) is 2.15. The largest absolute Gasteiger partial charge is 0.303 e. The van der Waals surface area contributed by atoms with E-state index in [1.807, 2.05) is 19.9 Å². The molecule has 1 fully saturated rings. The van der Waals surface area contributed by atoms with Crippen LogP contribution >= 0.6 is 0 Å². The fourth-order valence-corrected chi connectivity index (χ4v) is 2.59. The molecule has 1 aromatic rings. The molecule has 0 aliphatic carbocycles. The highest BCUT2D eigenvalue weighted by molar-refractivity contribution is 6.21. The fraction of sp³-hybridized carbons (Fsp3) is 0.438. The standard InChI is InChI=1S/C16H19NO3/c1-11(2)16(3,10-18)13-9-14(19)17(15(13)20)12-7-5-4-6-8-12/h4-8,10-11,13H,9H2,1-3H3/t13-,16-/m1/s1. The van der Waals surface area contributed by atoms with E-state index in [2.05, 4.69) is 0 Å². The van der Waals surface area contributed by atoms with Gasteiger partial charge in [0.1, 0.15) is 6.29 Å². The van der Waals surface area contributed by atoms with Crippen molar-refractivity contribution in [3.63, 3.8) is 0 Å². The summed E-state index contributed by atoms with van der Waals surface area (Å²) in [6.45, 7) is 5.56. The number of amides is 2. The van der Waals surface area contributed by atoms with Crippen LogP contribution in [-0.2, 0) is 14.4 Å². The SMILES string of the molecule is CC(C)[C@@](C)(C=O)[C@@H]1CC(=O)N(c2ccccc2)C1=O. The molecule has 4 nitrogen and oxygen atoms in total. The van der Waals surface area contributed by atoms with Gasteiger partial charge in [-0.15, -0.1) is 0 Å². The van der Waals surface area contributed by atoms with Crippen molar-refractivity contribution in [2.24, 2.45) is 17.3 Å². The van der Waals surface area contributed by atoms with Crippen molar-refractivity contribution in [1.82, 2.24) is 0 Å². The van der Waals surface area contributed by atoms with E-state index >= 15 is 0 Å². The second-order valence-electron chi connectivity index (χ2n) is 5.80. The van der Waals surface area contributed by atoms with Crippen LogP contribution in [0.3, 0.4) is 0 Å². The fourth-order valence-electron chi connectivity index (χ4n) is 2.59. The van der Waals surface area contributed by atoms with Crippen LogP contribution in [0.4, 0.5) is 5.69 Å². The number of benzene rings is 1. The molecule has 0 aromatic heterocycles. The van der Waals surface area contributed by atoms with E-state index in [4.69, 9.17) is 0 Å². The van der Waals surface area contributed by atoms with Crippen molar-refractivity contribution >= 4 is 23.8 Å². The van der Waals surface area contributed by atoms with Gasteiger partial charge in [0.05, 0.1) is 11.6 Å². The monoisotopic (exact) mass is 273 g/mol. The van der Waals surface area contributed by atoms with Gasteiger partial charge in [0.2, 0.25) is 11.8 Å². The minimum atomic E-state index is -0.809. The second-order valence-corrected chi connectivity index (χ2v) is 5.80. The van der Waals surface area contributed by atoms with Crippen molar-refractivity contribution in [2.75, 3.05) is 4.90 Å². The quantitative estimate of drug-likeness (QED) is 0.625. The van der Waals surface area contributed by atoms with Gasteiger partial charge >= 0.3 is 0 Å². The average Bonchev–Trinajstić information content (AvgIpc) is 2.74. The lowest BCUT2D eigenvalue weighted by molar-refractivity contribution is -0.132. The minimum absolute atomic E-state index is 0.00234. The zero-order valence-corrected chi connectivity index (χ0v) is 12.0. The Kier molecular flexibility index (Phi) is 3.75. The molecule has 20 heavy (non-hydrogen) atoms. The molecule has 0 radical (unpaired) electrons. The molecule has 1 aliphatic heterocycles. The number of nitrogens with zero attached hydrogens (tertiary/aromatic N) is 1. The summed E-state index contributed by atoms with van der Waals surface area (Å²) in [5.74, 6) is -1.09. The molecule has 2 atom stereocenters. The van der Waals surface area contributed by atoms with Crippen LogP contribution in [0.1, 0.15) is 27.2 Å². The first-order valence-corrected chi connectivity index (χ1v) is 6.80. The van der Waals surface area contributed by atoms with E-state index in [1.165, 1.54) is 4.90 Å². The highest BCUT2D eigenvalue weighted by Gasteiger charge is 2.50. The third-order valence-corrected chi connectivity index (χ3v) is 4.41. The van der Waals surface area contributed by atoms with E-state index < -0.39 is 11.3 Å². The molecule has 106 valence electrons. The normalized spacial score (nSPS) is 22.2. The number of aldehydes is 1. The van der Waals surface area contributed by atoms with E-state index in [0.29, 0.717) is 5.69 Å². The summed E-state index contributed by atoms with van der Waals surface area (Å²) in [5, 5.41) is 0. The van der Waals surface area contributed by atoms with Crippen LogP contribution in [0.25, 0.3) is 0 Å². The van der Waals surface area contributed by atoms with Gasteiger partial charge in [0.15, 0.2) is 0 Å². The van der Waals surface area contributed by atoms with E-state index in [0.717, 1.165) is 6.29 Å². The van der Waals surface area contributed by atoms with Crippen molar-refractivity contribution in [3.05, 3.63) is 30.3 Å². The summed E-state index contributed by atoms with van der Waals surface area (Å²) in [6, 6.07) is 8.85. The van der Waals surface area contributed by atoms with Gasteiger partial charge in [-0.3, -0.25) is 14.5 Å². The Morgan fingerprint density at radius 1 is 1.25 bits per heavy atom. The molecule has 0 spiro atoms. The number of imide groups is 1. The maximum Gasteiger partial charge on any atom is 0.238 e. The maximum absolute atomic E-state index is 12.6. The van der Waals surface area contributed by atoms with Crippen LogP contribution < -0.4 is 4.90 Å². The number of rotatable bonds is 4. The second kappa shape index (κ2) is 5.19. The van der Waals surface area contributed by atoms with Crippen LogP contribution in [0, 0.1) is 17.3 Å². The van der Waals surface area contributed by atoms with Crippen molar-refractivity contribution < 1.29 is 14.4 Å². The molecule has 2 amide bonds. The van der Waals surface area contributed by atoms with Gasteiger partial charge in [-0.05, 0) is 18.1 Å². The van der Waals surface area contributed by atoms with Gasteiger partial charge in [-0.25, -0.2) is 0 Å². The number of carbonyl (C=O) groups excluding carboxylic acids is 3. The summed E-state index contributed by atoms with van der Waals surface area (Å²) < 4.78 is 0. The van der Waals surface area contributed by atoms with Gasteiger partial charge < -0.3 is 4.79 Å². The summed E-state index contributed by atoms with van der Waals surface area (Å²) in [4.78, 5) is 37.4. The smallest absolute Gasteiger partial charge is 0.238 e. The molecule has 1 aromatic carbocycles. The first-order chi connectivity index (χ1) is 9.41. The highest BCUT2D eigenvalue weighted by Crippen LogP contribution is 2.41. The van der Waals surface area contributed by atoms with Crippen LogP contribution in [0.15, 0.2) is 30.3 Å². The summed E-state index contributed by atoms with van der Waals surface area (Å²) >= 11 is 0. The van der Waals surface area contributed by atoms with E-state index in [-0.39, 0.29) is 24.2 Å². The van der Waals surface area contributed by atoms with Crippen molar-refractivity contribution in [1.29, 1.82) is 0 Å². The number of carbonyl (C=O) groups is 3. The van der Waals surface area contributed by atoms with Gasteiger partial charge in [-0.1, -0.05) is 39.0 Å². The van der Waals surface area contributed by atoms with Gasteiger partial charge in [-0.2, -0.15) is 0 Å². The minimum Gasteiger partial charge on any atom is -0.303 e. The Bertz CT molecular complexity index is 538. The molecule has 1 saturated heterocycles. The average molecular weight is 273 g/mol. The molecule has 1 aliphatic rings. The Morgan fingerprint density at radius 2 is 1.85 bits per heavy atom. The van der Waals surface area contributed by atoms with Crippen LogP contribution in [0.5, 0.6) is 0 Å². The molecule has 0 saturated carbocycles. The topological polar surface area (TPSA) is 54.5 Å². The number of para-hydroxylation sites is 1. The van der Waals surface area contributed by atoms with Gasteiger partial charge in [0, 0.05) is 11.8 Å². The molecule has 0 unspecified atom stereocenters. The zero-order chi connectivity index (χ0) is 14.9. The van der Waals surface area contributed by atoms with E-state index in [9.17, 15) is 14.4 Å². The lowest BCUT2D eigenvalue weighted by atomic mass is 9.69. The van der Waals surface area contributed by atoms with Crippen molar-refractivity contribution in [3.8, 4) is 0 Å². The van der Waals surface area contributed by atoms with Crippen molar-refractivity contribution in [2.45, 2.75) is 27.2 Å². The molecular formula is C16H19NO3. The predicted octanol–water partition coefficient (Wildman–Crippen LogP) is 2.43. The predicted molar refractivity (Wildman–Crippen MR) is 76.1 cm³/mol. The third-order valence-electron chi connectivity index (χ3n) is 4.41. The summed E-state index contributed by atoms with van der Waals surface area (Å²) in [5.41, 5.74) is -0.238. The molecule has 0 bridgehead atoms. The maximum atomic E-state index is 12.6. The first-order valence-electron chi connectivity index (χ1n) is 6.80.